The zero-order chi connectivity index (χ0) is 11.9. The van der Waals surface area contributed by atoms with Crippen LogP contribution in [-0.4, -0.2) is 0 Å². The summed E-state index contributed by atoms with van der Waals surface area (Å²) in [4.78, 5) is 0. The maximum atomic E-state index is 2.35. The summed E-state index contributed by atoms with van der Waals surface area (Å²) < 4.78 is 0. The van der Waals surface area contributed by atoms with E-state index in [0.29, 0.717) is 0 Å². The molecule has 1 aromatic carbocycles. The molecule has 0 fully saturated rings. The Kier molecular flexibility index (Phi) is 4.85. The average Bonchev–Trinajstić information content (AvgIpc) is 2.39. The van der Waals surface area contributed by atoms with Crippen LogP contribution in [0.5, 0.6) is 0 Å². The van der Waals surface area contributed by atoms with E-state index in [9.17, 15) is 0 Å². The summed E-state index contributed by atoms with van der Waals surface area (Å²) in [5.74, 6) is 0.776. The van der Waals surface area contributed by atoms with E-state index in [4.69, 9.17) is 0 Å². The van der Waals surface area contributed by atoms with Gasteiger partial charge in [0.1, 0.15) is 0 Å². The van der Waals surface area contributed by atoms with Crippen LogP contribution in [0.2, 0.25) is 0 Å². The van der Waals surface area contributed by atoms with Gasteiger partial charge < -0.3 is 0 Å². The van der Waals surface area contributed by atoms with Gasteiger partial charge in [0.05, 0.1) is 0 Å². The van der Waals surface area contributed by atoms with E-state index in [1.807, 2.05) is 0 Å². The normalized spacial score (nSPS) is 18.1. The molecule has 0 saturated heterocycles. The fraction of sp³-hybridized carbons (Fsp3) is 0.529. The van der Waals surface area contributed by atoms with Crippen molar-refractivity contribution in [3.63, 3.8) is 0 Å². The minimum Gasteiger partial charge on any atom is -0.0833 e. The van der Waals surface area contributed by atoms with Crippen molar-refractivity contribution in [2.75, 3.05) is 0 Å². The van der Waals surface area contributed by atoms with Gasteiger partial charge in [-0.05, 0) is 29.9 Å². The molecule has 17 heavy (non-hydrogen) atoms. The Labute approximate surface area is 106 Å². The molecule has 0 heterocycles. The van der Waals surface area contributed by atoms with E-state index < -0.39 is 0 Å². The number of hydrogen-bond donors (Lipinski definition) is 0. The van der Waals surface area contributed by atoms with E-state index in [0.717, 1.165) is 5.92 Å². The third kappa shape index (κ3) is 3.46. The molecule has 1 atom stereocenters. The predicted octanol–water partition coefficient (Wildman–Crippen LogP) is 5.55. The number of benzene rings is 1. The molecular formula is C17H24. The smallest absolute Gasteiger partial charge is 0.0121 e. The molecule has 0 bridgehead atoms. The summed E-state index contributed by atoms with van der Waals surface area (Å²) in [6.07, 6.45) is 14.2. The molecule has 0 radical (unpaired) electrons. The largest absolute Gasteiger partial charge is 0.0833 e. The molecule has 0 aliphatic heterocycles. The first kappa shape index (κ1) is 12.4. The Bertz CT molecular complexity index is 362. The number of hydrogen-bond acceptors (Lipinski definition) is 0. The lowest BCUT2D eigenvalue weighted by atomic mass is 9.84. The number of rotatable bonds is 6. The van der Waals surface area contributed by atoms with Crippen molar-refractivity contribution in [3.8, 4) is 0 Å². The number of unbranched alkanes of at least 4 members (excludes halogenated alkanes) is 4. The van der Waals surface area contributed by atoms with Gasteiger partial charge in [0.25, 0.3) is 0 Å². The van der Waals surface area contributed by atoms with Gasteiger partial charge in [-0.1, -0.05) is 75.4 Å². The van der Waals surface area contributed by atoms with E-state index in [1.54, 1.807) is 5.56 Å². The van der Waals surface area contributed by atoms with E-state index >= 15 is 0 Å². The van der Waals surface area contributed by atoms with Crippen LogP contribution in [0.15, 0.2) is 30.3 Å². The highest BCUT2D eigenvalue weighted by molar-refractivity contribution is 5.57. The van der Waals surface area contributed by atoms with Crippen LogP contribution in [0.3, 0.4) is 0 Å². The molecule has 0 aromatic heterocycles. The van der Waals surface area contributed by atoms with Gasteiger partial charge in [0.2, 0.25) is 0 Å². The Balaban J connectivity index is 1.84. The van der Waals surface area contributed by atoms with E-state index in [-0.39, 0.29) is 0 Å². The van der Waals surface area contributed by atoms with Crippen LogP contribution in [0.4, 0.5) is 0 Å². The molecule has 1 aromatic rings. The van der Waals surface area contributed by atoms with Gasteiger partial charge in [0.15, 0.2) is 0 Å². The van der Waals surface area contributed by atoms with Crippen molar-refractivity contribution in [3.05, 3.63) is 41.5 Å². The molecule has 1 aliphatic rings. The molecular weight excluding hydrogens is 204 g/mol. The second-order valence-electron chi connectivity index (χ2n) is 5.17. The third-order valence-corrected chi connectivity index (χ3v) is 3.81. The SMILES string of the molecule is CCCCCCCC1CC=Cc2ccccc21. The first-order valence-electron chi connectivity index (χ1n) is 7.17. The molecule has 1 aliphatic carbocycles. The van der Waals surface area contributed by atoms with Crippen LogP contribution in [0.25, 0.3) is 6.08 Å². The van der Waals surface area contributed by atoms with Crippen LogP contribution in [0.1, 0.15) is 68.9 Å². The summed E-state index contributed by atoms with van der Waals surface area (Å²) in [5, 5.41) is 0. The molecule has 0 N–H and O–H groups in total. The lowest BCUT2D eigenvalue weighted by Gasteiger charge is -2.21. The van der Waals surface area contributed by atoms with Gasteiger partial charge in [-0.3, -0.25) is 0 Å². The monoisotopic (exact) mass is 228 g/mol. The lowest BCUT2D eigenvalue weighted by Crippen LogP contribution is -2.03. The maximum absolute atomic E-state index is 2.35. The topological polar surface area (TPSA) is 0 Å². The van der Waals surface area contributed by atoms with Gasteiger partial charge in [-0.15, -0.1) is 0 Å². The lowest BCUT2D eigenvalue weighted by molar-refractivity contribution is 0.545. The summed E-state index contributed by atoms with van der Waals surface area (Å²) >= 11 is 0. The molecule has 0 spiro atoms. The molecule has 1 unspecified atom stereocenters. The third-order valence-electron chi connectivity index (χ3n) is 3.81. The highest BCUT2D eigenvalue weighted by atomic mass is 14.2. The minimum absolute atomic E-state index is 0.776. The highest BCUT2D eigenvalue weighted by Gasteiger charge is 2.15. The second-order valence-corrected chi connectivity index (χ2v) is 5.17. The molecule has 0 amide bonds. The van der Waals surface area contributed by atoms with Crippen LogP contribution in [-0.2, 0) is 0 Å². The quantitative estimate of drug-likeness (QED) is 0.560. The Morgan fingerprint density at radius 2 is 1.88 bits per heavy atom. The first-order chi connectivity index (χ1) is 8.42. The van der Waals surface area contributed by atoms with Crippen molar-refractivity contribution in [2.24, 2.45) is 0 Å². The molecule has 0 saturated carbocycles. The molecule has 0 nitrogen and oxygen atoms in total. The van der Waals surface area contributed by atoms with Crippen molar-refractivity contribution < 1.29 is 0 Å². The summed E-state index contributed by atoms with van der Waals surface area (Å²) in [6, 6.07) is 8.89. The Morgan fingerprint density at radius 3 is 2.76 bits per heavy atom. The zero-order valence-corrected chi connectivity index (χ0v) is 11.0. The number of allylic oxidation sites excluding steroid dienone is 1. The van der Waals surface area contributed by atoms with E-state index in [2.05, 4.69) is 43.3 Å². The Hall–Kier alpha value is -1.04. The predicted molar refractivity (Wildman–Crippen MR) is 76.2 cm³/mol. The summed E-state index contributed by atoms with van der Waals surface area (Å²) in [5.41, 5.74) is 3.02. The Morgan fingerprint density at radius 1 is 1.06 bits per heavy atom. The van der Waals surface area contributed by atoms with Crippen molar-refractivity contribution in [1.29, 1.82) is 0 Å². The van der Waals surface area contributed by atoms with Gasteiger partial charge in [0, 0.05) is 0 Å². The minimum atomic E-state index is 0.776. The van der Waals surface area contributed by atoms with E-state index in [1.165, 1.54) is 50.5 Å². The summed E-state index contributed by atoms with van der Waals surface area (Å²) in [7, 11) is 0. The van der Waals surface area contributed by atoms with Crippen LogP contribution in [0, 0.1) is 0 Å². The zero-order valence-electron chi connectivity index (χ0n) is 11.0. The fourth-order valence-electron chi connectivity index (χ4n) is 2.79. The van der Waals surface area contributed by atoms with Crippen LogP contribution >= 0.6 is 0 Å². The molecule has 92 valence electrons. The average molecular weight is 228 g/mol. The number of fused-ring (bicyclic) bond motifs is 1. The van der Waals surface area contributed by atoms with Gasteiger partial charge >= 0.3 is 0 Å². The maximum Gasteiger partial charge on any atom is -0.0121 e. The second kappa shape index (κ2) is 6.64. The van der Waals surface area contributed by atoms with Crippen molar-refractivity contribution in [2.45, 2.75) is 57.8 Å². The summed E-state index contributed by atoms with van der Waals surface area (Å²) in [6.45, 7) is 2.28. The first-order valence-corrected chi connectivity index (χ1v) is 7.17. The van der Waals surface area contributed by atoms with Crippen molar-refractivity contribution >= 4 is 6.08 Å². The fourth-order valence-corrected chi connectivity index (χ4v) is 2.79. The standard InChI is InChI=1S/C17H24/c1-2-3-4-5-6-10-15-12-9-13-16-11-7-8-14-17(15)16/h7-9,11,13-15H,2-6,10,12H2,1H3. The molecule has 2 rings (SSSR count). The van der Waals surface area contributed by atoms with Gasteiger partial charge in [-0.2, -0.15) is 0 Å². The van der Waals surface area contributed by atoms with Crippen LogP contribution < -0.4 is 0 Å². The van der Waals surface area contributed by atoms with Gasteiger partial charge in [-0.25, -0.2) is 0 Å². The highest BCUT2D eigenvalue weighted by Crippen LogP contribution is 2.33. The molecule has 0 heteroatoms. The van der Waals surface area contributed by atoms with Crippen molar-refractivity contribution in [1.82, 2.24) is 0 Å².